The summed E-state index contributed by atoms with van der Waals surface area (Å²) in [5.41, 5.74) is 0.953. The lowest BCUT2D eigenvalue weighted by atomic mass is 10.1. The van der Waals surface area contributed by atoms with Crippen molar-refractivity contribution in [3.63, 3.8) is 0 Å². The zero-order chi connectivity index (χ0) is 13.1. The average molecular weight is 265 g/mol. The summed E-state index contributed by atoms with van der Waals surface area (Å²) in [4.78, 5) is 11.0. The first kappa shape index (κ1) is 12.3. The molecule has 0 aliphatic rings. The van der Waals surface area contributed by atoms with Crippen molar-refractivity contribution in [2.75, 3.05) is 0 Å². The van der Waals surface area contributed by atoms with Crippen molar-refractivity contribution in [1.29, 1.82) is 0 Å². The zero-order valence-electron chi connectivity index (χ0n) is 9.42. The molecule has 0 radical (unpaired) electrons. The van der Waals surface area contributed by atoms with Gasteiger partial charge in [0.1, 0.15) is 11.3 Å². The molecule has 0 saturated carbocycles. The van der Waals surface area contributed by atoms with Gasteiger partial charge in [0, 0.05) is 6.07 Å². The number of hydrogen-bond acceptors (Lipinski definition) is 4. The molecule has 0 fully saturated rings. The van der Waals surface area contributed by atoms with Gasteiger partial charge < -0.3 is 9.84 Å². The van der Waals surface area contributed by atoms with Crippen LogP contribution in [0.4, 0.5) is 0 Å². The Morgan fingerprint density at radius 3 is 2.67 bits per heavy atom. The first-order valence-corrected chi connectivity index (χ1v) is 5.45. The Bertz CT molecular complexity index is 584. The topological polar surface area (TPSA) is 72.3 Å². The summed E-state index contributed by atoms with van der Waals surface area (Å²) in [5.74, 6) is -0.654. The molecule has 1 aromatic heterocycles. The Morgan fingerprint density at radius 2 is 2.06 bits per heavy atom. The minimum absolute atomic E-state index is 0.0670. The van der Waals surface area contributed by atoms with Gasteiger partial charge in [-0.05, 0) is 30.7 Å². The van der Waals surface area contributed by atoms with E-state index in [0.717, 1.165) is 5.56 Å². The molecule has 0 amide bonds. The largest absolute Gasteiger partial charge is 0.478 e. The van der Waals surface area contributed by atoms with E-state index in [-0.39, 0.29) is 22.3 Å². The number of aryl methyl sites for hydroxylation is 1. The van der Waals surface area contributed by atoms with Crippen LogP contribution in [-0.4, -0.2) is 21.3 Å². The van der Waals surface area contributed by atoms with Gasteiger partial charge in [-0.3, -0.25) is 0 Å². The third-order valence-electron chi connectivity index (χ3n) is 2.19. The van der Waals surface area contributed by atoms with Gasteiger partial charge >= 0.3 is 5.97 Å². The molecule has 2 rings (SSSR count). The Hall–Kier alpha value is -2.14. The molecule has 0 atom stereocenters. The molecule has 0 spiro atoms. The van der Waals surface area contributed by atoms with Crippen LogP contribution in [-0.2, 0) is 0 Å². The lowest BCUT2D eigenvalue weighted by molar-refractivity contribution is 0.0694. The summed E-state index contributed by atoms with van der Waals surface area (Å²) >= 11 is 5.60. The van der Waals surface area contributed by atoms with Crippen molar-refractivity contribution >= 4 is 17.6 Å². The van der Waals surface area contributed by atoms with E-state index in [2.05, 4.69) is 10.2 Å². The number of carbonyl (C=O) groups is 1. The number of aromatic carboxylic acids is 1. The number of rotatable bonds is 3. The second-order valence-electron chi connectivity index (χ2n) is 3.60. The van der Waals surface area contributed by atoms with Gasteiger partial charge in [0.2, 0.25) is 5.88 Å². The van der Waals surface area contributed by atoms with E-state index in [4.69, 9.17) is 21.4 Å². The summed E-state index contributed by atoms with van der Waals surface area (Å²) in [7, 11) is 0. The number of carboxylic acid groups (broad SMARTS) is 1. The molecule has 1 heterocycles. The molecule has 92 valence electrons. The van der Waals surface area contributed by atoms with Crippen molar-refractivity contribution in [3.05, 3.63) is 46.6 Å². The lowest BCUT2D eigenvalue weighted by Gasteiger charge is -2.08. The molecule has 0 bridgehead atoms. The fourth-order valence-corrected chi connectivity index (χ4v) is 1.46. The minimum atomic E-state index is -1.06. The number of halogens is 1. The molecule has 0 aliphatic carbocycles. The summed E-state index contributed by atoms with van der Waals surface area (Å²) in [6.07, 6.45) is 0. The Kier molecular flexibility index (Phi) is 3.43. The Morgan fingerprint density at radius 1 is 1.28 bits per heavy atom. The van der Waals surface area contributed by atoms with Gasteiger partial charge in [-0.15, -0.1) is 10.2 Å². The number of nitrogens with zero attached hydrogens (tertiary/aromatic N) is 2. The number of aromatic nitrogens is 2. The standard InChI is InChI=1S/C12H9ClN2O3/c1-7-2-3-8(12(16)17)9(6-7)18-11-5-4-10(13)14-15-11/h2-6H,1H3,(H,16,17). The van der Waals surface area contributed by atoms with Crippen molar-refractivity contribution in [3.8, 4) is 11.6 Å². The van der Waals surface area contributed by atoms with Gasteiger partial charge in [0.25, 0.3) is 0 Å². The Balaban J connectivity index is 2.35. The highest BCUT2D eigenvalue weighted by atomic mass is 35.5. The van der Waals surface area contributed by atoms with Gasteiger partial charge in [-0.2, -0.15) is 0 Å². The maximum absolute atomic E-state index is 11.0. The highest BCUT2D eigenvalue weighted by Gasteiger charge is 2.12. The second kappa shape index (κ2) is 5.01. The van der Waals surface area contributed by atoms with Gasteiger partial charge in [0.05, 0.1) is 0 Å². The molecule has 1 aromatic carbocycles. The van der Waals surface area contributed by atoms with Crippen molar-refractivity contribution in [1.82, 2.24) is 10.2 Å². The molecule has 6 heteroatoms. The van der Waals surface area contributed by atoms with Crippen molar-refractivity contribution in [2.45, 2.75) is 6.92 Å². The number of carboxylic acids is 1. The van der Waals surface area contributed by atoms with Crippen LogP contribution < -0.4 is 4.74 Å². The third kappa shape index (κ3) is 2.75. The summed E-state index contributed by atoms with van der Waals surface area (Å²) in [6.45, 7) is 1.84. The van der Waals surface area contributed by atoms with E-state index < -0.39 is 5.97 Å². The first-order chi connectivity index (χ1) is 8.56. The predicted octanol–water partition coefficient (Wildman–Crippen LogP) is 2.93. The molecule has 0 unspecified atom stereocenters. The van der Waals surface area contributed by atoms with Gasteiger partial charge in [-0.1, -0.05) is 17.7 Å². The SMILES string of the molecule is Cc1ccc(C(=O)O)c(Oc2ccc(Cl)nn2)c1. The second-order valence-corrected chi connectivity index (χ2v) is 3.99. The highest BCUT2D eigenvalue weighted by molar-refractivity contribution is 6.29. The molecule has 0 aliphatic heterocycles. The van der Waals surface area contributed by atoms with E-state index in [1.165, 1.54) is 18.2 Å². The monoisotopic (exact) mass is 264 g/mol. The van der Waals surface area contributed by atoms with Crippen molar-refractivity contribution < 1.29 is 14.6 Å². The molecule has 1 N–H and O–H groups in total. The van der Waals surface area contributed by atoms with Crippen LogP contribution in [0, 0.1) is 6.92 Å². The normalized spacial score (nSPS) is 10.1. The lowest BCUT2D eigenvalue weighted by Crippen LogP contribution is -2.01. The molecular formula is C12H9ClN2O3. The number of benzene rings is 1. The minimum Gasteiger partial charge on any atom is -0.478 e. The maximum atomic E-state index is 11.0. The Labute approximate surface area is 108 Å². The smallest absolute Gasteiger partial charge is 0.339 e. The van der Waals surface area contributed by atoms with E-state index in [9.17, 15) is 4.79 Å². The maximum Gasteiger partial charge on any atom is 0.339 e. The highest BCUT2D eigenvalue weighted by Crippen LogP contribution is 2.25. The van der Waals surface area contributed by atoms with Crippen LogP contribution in [0.2, 0.25) is 5.15 Å². The summed E-state index contributed by atoms with van der Waals surface area (Å²) < 4.78 is 5.39. The van der Waals surface area contributed by atoms with Crippen LogP contribution >= 0.6 is 11.6 Å². The van der Waals surface area contributed by atoms with Crippen LogP contribution in [0.3, 0.4) is 0 Å². The molecule has 5 nitrogen and oxygen atoms in total. The van der Waals surface area contributed by atoms with E-state index in [0.29, 0.717) is 0 Å². The quantitative estimate of drug-likeness (QED) is 0.923. The molecule has 2 aromatic rings. The number of ether oxygens (including phenoxy) is 1. The first-order valence-electron chi connectivity index (χ1n) is 5.07. The molecule has 0 saturated heterocycles. The third-order valence-corrected chi connectivity index (χ3v) is 2.39. The van der Waals surface area contributed by atoms with Gasteiger partial charge in [0.15, 0.2) is 5.15 Å². The van der Waals surface area contributed by atoms with Crippen LogP contribution in [0.25, 0.3) is 0 Å². The predicted molar refractivity (Wildman–Crippen MR) is 65.3 cm³/mol. The fraction of sp³-hybridized carbons (Fsp3) is 0.0833. The van der Waals surface area contributed by atoms with E-state index in [1.807, 2.05) is 6.92 Å². The molecular weight excluding hydrogens is 256 g/mol. The van der Waals surface area contributed by atoms with E-state index in [1.54, 1.807) is 12.1 Å². The van der Waals surface area contributed by atoms with Gasteiger partial charge in [-0.25, -0.2) is 4.79 Å². The fourth-order valence-electron chi connectivity index (χ4n) is 1.36. The van der Waals surface area contributed by atoms with E-state index >= 15 is 0 Å². The van der Waals surface area contributed by atoms with Crippen LogP contribution in [0.5, 0.6) is 11.6 Å². The van der Waals surface area contributed by atoms with Crippen LogP contribution in [0.1, 0.15) is 15.9 Å². The molecule has 18 heavy (non-hydrogen) atoms. The van der Waals surface area contributed by atoms with Crippen molar-refractivity contribution in [2.24, 2.45) is 0 Å². The summed E-state index contributed by atoms with van der Waals surface area (Å²) in [6, 6.07) is 7.84. The zero-order valence-corrected chi connectivity index (χ0v) is 10.2. The average Bonchev–Trinajstić information content (AvgIpc) is 2.32. The number of hydrogen-bond donors (Lipinski definition) is 1. The summed E-state index contributed by atoms with van der Waals surface area (Å²) in [5, 5.41) is 16.6. The van der Waals surface area contributed by atoms with Crippen LogP contribution in [0.15, 0.2) is 30.3 Å².